The third-order valence-corrected chi connectivity index (χ3v) is 4.02. The van der Waals surface area contributed by atoms with Gasteiger partial charge in [-0.25, -0.2) is 4.79 Å². The number of nitrogens with two attached hydrogens (primary N) is 2. The summed E-state index contributed by atoms with van der Waals surface area (Å²) in [5.74, 6) is -4.85. The summed E-state index contributed by atoms with van der Waals surface area (Å²) in [5.41, 5.74) is 10.4. The molecule has 0 aromatic heterocycles. The van der Waals surface area contributed by atoms with Gasteiger partial charge in [-0.2, -0.15) is 0 Å². The second-order valence-electron chi connectivity index (χ2n) is 7.15. The van der Waals surface area contributed by atoms with Gasteiger partial charge < -0.3 is 37.6 Å². The Bertz CT molecular complexity index is 621. The molecule has 0 aliphatic carbocycles. The summed E-state index contributed by atoms with van der Waals surface area (Å²) in [6.45, 7) is 5.90. The number of rotatable bonds is 12. The fourth-order valence-corrected chi connectivity index (χ4v) is 2.27. The highest BCUT2D eigenvalue weighted by Crippen LogP contribution is 2.06. The van der Waals surface area contributed by atoms with Gasteiger partial charge in [-0.15, -0.1) is 0 Å². The Morgan fingerprint density at radius 2 is 1.34 bits per heavy atom. The van der Waals surface area contributed by atoms with Crippen molar-refractivity contribution in [2.75, 3.05) is 0 Å². The van der Waals surface area contributed by atoms with Crippen LogP contribution in [-0.2, 0) is 24.0 Å². The van der Waals surface area contributed by atoms with Gasteiger partial charge in [0.15, 0.2) is 0 Å². The van der Waals surface area contributed by atoms with E-state index in [-0.39, 0.29) is 12.8 Å². The summed E-state index contributed by atoms with van der Waals surface area (Å²) >= 11 is 0. The molecule has 0 fully saturated rings. The number of amides is 4. The molecule has 166 valence electrons. The predicted octanol–water partition coefficient (Wildman–Crippen LogP) is -2.83. The van der Waals surface area contributed by atoms with Crippen LogP contribution in [0.5, 0.6) is 0 Å². The number of carboxylic acids is 1. The molecular weight excluding hydrogens is 386 g/mol. The van der Waals surface area contributed by atoms with E-state index in [9.17, 15) is 34.2 Å². The number of aliphatic hydroxyl groups excluding tert-OH is 1. The van der Waals surface area contributed by atoms with Gasteiger partial charge in [0.2, 0.25) is 23.6 Å². The summed E-state index contributed by atoms with van der Waals surface area (Å²) < 4.78 is 0. The van der Waals surface area contributed by atoms with Crippen LogP contribution < -0.4 is 27.4 Å². The summed E-state index contributed by atoms with van der Waals surface area (Å²) in [5, 5.41) is 26.0. The molecule has 4 amide bonds. The standard InChI is InChI=1S/C17H31N5O7/c1-7(2)12(15(26)20-10(17(28)29)5-6-11(19)24)21-16(27)13(9(4)23)22-14(25)8(3)18/h7-10,12-13,23H,5-6,18H2,1-4H3,(H2,19,24)(H,20,26)(H,21,27)(H,22,25)(H,28,29). The summed E-state index contributed by atoms with van der Waals surface area (Å²) in [6, 6.07) is -4.83. The fourth-order valence-electron chi connectivity index (χ4n) is 2.27. The van der Waals surface area contributed by atoms with Crippen LogP contribution in [0.4, 0.5) is 0 Å². The summed E-state index contributed by atoms with van der Waals surface area (Å²) in [6.07, 6.45) is -1.74. The van der Waals surface area contributed by atoms with Gasteiger partial charge in [-0.3, -0.25) is 19.2 Å². The highest BCUT2D eigenvalue weighted by atomic mass is 16.4. The lowest BCUT2D eigenvalue weighted by Crippen LogP contribution is -2.60. The Morgan fingerprint density at radius 1 is 0.862 bits per heavy atom. The van der Waals surface area contributed by atoms with Crippen molar-refractivity contribution in [2.45, 2.75) is 70.8 Å². The van der Waals surface area contributed by atoms with Crippen LogP contribution in [0.2, 0.25) is 0 Å². The molecule has 0 radical (unpaired) electrons. The van der Waals surface area contributed by atoms with Gasteiger partial charge in [-0.1, -0.05) is 13.8 Å². The van der Waals surface area contributed by atoms with Crippen molar-refractivity contribution in [3.05, 3.63) is 0 Å². The molecule has 0 aliphatic rings. The summed E-state index contributed by atoms with van der Waals surface area (Å²) in [7, 11) is 0. The molecule has 0 saturated heterocycles. The topological polar surface area (TPSA) is 214 Å². The Balaban J connectivity index is 5.29. The fraction of sp³-hybridized carbons (Fsp3) is 0.706. The van der Waals surface area contributed by atoms with Crippen LogP contribution in [0.1, 0.15) is 40.5 Å². The molecule has 0 saturated carbocycles. The van der Waals surface area contributed by atoms with Crippen LogP contribution in [0.15, 0.2) is 0 Å². The smallest absolute Gasteiger partial charge is 0.326 e. The molecule has 0 aliphatic heterocycles. The minimum atomic E-state index is -1.38. The van der Waals surface area contributed by atoms with Crippen molar-refractivity contribution in [3.63, 3.8) is 0 Å². The monoisotopic (exact) mass is 417 g/mol. The number of primary amides is 1. The first-order valence-electron chi connectivity index (χ1n) is 9.13. The van der Waals surface area contributed by atoms with Gasteiger partial charge in [0.25, 0.3) is 0 Å². The molecule has 9 N–H and O–H groups in total. The number of aliphatic carboxylic acids is 1. The van der Waals surface area contributed by atoms with Crippen molar-refractivity contribution in [2.24, 2.45) is 17.4 Å². The molecule has 5 unspecified atom stereocenters. The average Bonchev–Trinajstić information content (AvgIpc) is 2.59. The minimum absolute atomic E-state index is 0.212. The largest absolute Gasteiger partial charge is 0.480 e. The first kappa shape index (κ1) is 26.3. The first-order chi connectivity index (χ1) is 13.3. The van der Waals surface area contributed by atoms with Crippen molar-refractivity contribution in [1.29, 1.82) is 0 Å². The maximum absolute atomic E-state index is 12.5. The van der Waals surface area contributed by atoms with Gasteiger partial charge >= 0.3 is 5.97 Å². The van der Waals surface area contributed by atoms with Crippen LogP contribution in [-0.4, -0.2) is 70.1 Å². The number of hydrogen-bond acceptors (Lipinski definition) is 7. The highest BCUT2D eigenvalue weighted by molar-refractivity contribution is 5.94. The van der Waals surface area contributed by atoms with E-state index in [1.807, 2.05) is 0 Å². The lowest BCUT2D eigenvalue weighted by atomic mass is 10.0. The molecule has 29 heavy (non-hydrogen) atoms. The number of nitrogens with one attached hydrogen (secondary N) is 3. The molecule has 12 heteroatoms. The molecule has 0 aromatic rings. The zero-order chi connectivity index (χ0) is 22.9. The third-order valence-electron chi connectivity index (χ3n) is 4.02. The maximum atomic E-state index is 12.5. The van der Waals surface area contributed by atoms with Gasteiger partial charge in [-0.05, 0) is 26.2 Å². The molecule has 0 bridgehead atoms. The molecule has 0 rings (SSSR count). The van der Waals surface area contributed by atoms with Gasteiger partial charge in [0.1, 0.15) is 18.1 Å². The maximum Gasteiger partial charge on any atom is 0.326 e. The van der Waals surface area contributed by atoms with Crippen molar-refractivity contribution in [3.8, 4) is 0 Å². The average molecular weight is 417 g/mol. The normalized spacial score (nSPS) is 16.1. The number of hydrogen-bond donors (Lipinski definition) is 7. The number of carboxylic acid groups (broad SMARTS) is 1. The molecule has 0 aromatic carbocycles. The zero-order valence-corrected chi connectivity index (χ0v) is 17.0. The third kappa shape index (κ3) is 9.34. The van der Waals surface area contributed by atoms with Gasteiger partial charge in [0, 0.05) is 6.42 Å². The Labute approximate surface area is 168 Å². The van der Waals surface area contributed by atoms with Crippen LogP contribution >= 0.6 is 0 Å². The van der Waals surface area contributed by atoms with Crippen molar-refractivity contribution in [1.82, 2.24) is 16.0 Å². The van der Waals surface area contributed by atoms with Crippen LogP contribution in [0.3, 0.4) is 0 Å². The number of carbonyl (C=O) groups is 5. The molecule has 12 nitrogen and oxygen atoms in total. The van der Waals surface area contributed by atoms with E-state index >= 15 is 0 Å². The Hall–Kier alpha value is -2.73. The summed E-state index contributed by atoms with van der Waals surface area (Å²) in [4.78, 5) is 59.0. The van der Waals surface area contributed by atoms with Gasteiger partial charge in [0.05, 0.1) is 12.1 Å². The van der Waals surface area contributed by atoms with Crippen molar-refractivity contribution < 1.29 is 34.2 Å². The predicted molar refractivity (Wildman–Crippen MR) is 102 cm³/mol. The second kappa shape index (κ2) is 12.0. The highest BCUT2D eigenvalue weighted by Gasteiger charge is 2.33. The quantitative estimate of drug-likeness (QED) is 0.175. The molecule has 0 heterocycles. The Morgan fingerprint density at radius 3 is 1.72 bits per heavy atom. The second-order valence-corrected chi connectivity index (χ2v) is 7.15. The zero-order valence-electron chi connectivity index (χ0n) is 17.0. The van der Waals surface area contributed by atoms with E-state index in [1.54, 1.807) is 13.8 Å². The van der Waals surface area contributed by atoms with E-state index in [1.165, 1.54) is 13.8 Å². The van der Waals surface area contributed by atoms with E-state index in [4.69, 9.17) is 11.5 Å². The first-order valence-corrected chi connectivity index (χ1v) is 9.13. The van der Waals surface area contributed by atoms with E-state index in [0.717, 1.165) is 0 Å². The Kier molecular flexibility index (Phi) is 10.8. The van der Waals surface area contributed by atoms with Crippen molar-refractivity contribution >= 4 is 29.6 Å². The SMILES string of the molecule is CC(N)C(=O)NC(C(=O)NC(C(=O)NC(CCC(N)=O)C(=O)O)C(C)C)C(C)O. The lowest BCUT2D eigenvalue weighted by molar-refractivity contribution is -0.143. The minimum Gasteiger partial charge on any atom is -0.480 e. The molecule has 5 atom stereocenters. The lowest BCUT2D eigenvalue weighted by Gasteiger charge is -2.27. The van der Waals surface area contributed by atoms with E-state index in [0.29, 0.717) is 0 Å². The number of aliphatic hydroxyl groups is 1. The molecule has 0 spiro atoms. The van der Waals surface area contributed by atoms with Crippen LogP contribution in [0.25, 0.3) is 0 Å². The molecular formula is C17H31N5O7. The van der Waals surface area contributed by atoms with Crippen LogP contribution in [0, 0.1) is 5.92 Å². The van der Waals surface area contributed by atoms with E-state index in [2.05, 4.69) is 16.0 Å². The number of carbonyl (C=O) groups excluding carboxylic acids is 4. The van der Waals surface area contributed by atoms with E-state index < -0.39 is 65.8 Å².